The summed E-state index contributed by atoms with van der Waals surface area (Å²) >= 11 is 5.93. The first kappa shape index (κ1) is 12.7. The summed E-state index contributed by atoms with van der Waals surface area (Å²) in [6, 6.07) is 4.74. The van der Waals surface area contributed by atoms with Gasteiger partial charge in [0, 0.05) is 11.1 Å². The maximum absolute atomic E-state index is 10.6. The molecule has 1 aromatic carbocycles. The Morgan fingerprint density at radius 2 is 2.19 bits per heavy atom. The quantitative estimate of drug-likeness (QED) is 0.849. The molecule has 3 N–H and O–H groups in total. The second kappa shape index (κ2) is 5.14. The van der Waals surface area contributed by atoms with Gasteiger partial charge in [0.15, 0.2) is 0 Å². The van der Waals surface area contributed by atoms with Gasteiger partial charge in [-0.1, -0.05) is 23.8 Å². The minimum Gasteiger partial charge on any atom is -0.481 e. The van der Waals surface area contributed by atoms with Crippen molar-refractivity contribution in [2.45, 2.75) is 19.4 Å². The smallest absolute Gasteiger partial charge is 0.305 e. The van der Waals surface area contributed by atoms with E-state index in [1.54, 1.807) is 12.1 Å². The van der Waals surface area contributed by atoms with Crippen LogP contribution in [0.25, 0.3) is 5.57 Å². The number of benzene rings is 1. The Balaban J connectivity index is 3.04. The third-order valence-corrected chi connectivity index (χ3v) is 2.45. The summed E-state index contributed by atoms with van der Waals surface area (Å²) in [7, 11) is 0. The fraction of sp³-hybridized carbons (Fsp3) is 0.250. The van der Waals surface area contributed by atoms with Gasteiger partial charge in [-0.25, -0.2) is 0 Å². The van der Waals surface area contributed by atoms with E-state index in [1.807, 2.05) is 13.0 Å². The first-order valence-corrected chi connectivity index (χ1v) is 5.21. The van der Waals surface area contributed by atoms with E-state index in [4.69, 9.17) is 22.4 Å². The molecule has 86 valence electrons. The molecule has 0 aliphatic carbocycles. The average molecular weight is 240 g/mol. The Morgan fingerprint density at radius 1 is 1.56 bits per heavy atom. The van der Waals surface area contributed by atoms with Crippen LogP contribution in [0.15, 0.2) is 24.8 Å². The highest BCUT2D eigenvalue weighted by molar-refractivity contribution is 6.30. The zero-order valence-electron chi connectivity index (χ0n) is 9.03. The molecule has 0 heterocycles. The van der Waals surface area contributed by atoms with Crippen LogP contribution >= 0.6 is 11.6 Å². The lowest BCUT2D eigenvalue weighted by Crippen LogP contribution is -2.15. The number of nitrogens with two attached hydrogens (primary N) is 1. The Labute approximate surface area is 99.5 Å². The molecular weight excluding hydrogens is 226 g/mol. The molecular formula is C12H14ClNO2. The molecule has 16 heavy (non-hydrogen) atoms. The minimum atomic E-state index is -0.927. The van der Waals surface area contributed by atoms with Gasteiger partial charge in [-0.2, -0.15) is 0 Å². The fourth-order valence-electron chi connectivity index (χ4n) is 1.38. The predicted octanol–water partition coefficient (Wildman–Crippen LogP) is 2.85. The van der Waals surface area contributed by atoms with Gasteiger partial charge < -0.3 is 10.8 Å². The van der Waals surface area contributed by atoms with E-state index in [0.717, 1.165) is 11.1 Å². The summed E-state index contributed by atoms with van der Waals surface area (Å²) in [5, 5.41) is 9.20. The van der Waals surface area contributed by atoms with Crippen LogP contribution in [0.4, 0.5) is 0 Å². The Bertz CT molecular complexity index is 429. The number of allylic oxidation sites excluding steroid dienone is 1. The highest BCUT2D eigenvalue weighted by Crippen LogP contribution is 2.24. The Hall–Kier alpha value is -1.32. The van der Waals surface area contributed by atoms with Crippen LogP contribution in [0.2, 0.25) is 5.02 Å². The van der Waals surface area contributed by atoms with Crippen molar-refractivity contribution in [1.29, 1.82) is 0 Å². The monoisotopic (exact) mass is 239 g/mol. The fourth-order valence-corrected chi connectivity index (χ4v) is 1.62. The van der Waals surface area contributed by atoms with E-state index in [0.29, 0.717) is 10.6 Å². The van der Waals surface area contributed by atoms with Crippen molar-refractivity contribution in [3.05, 3.63) is 40.9 Å². The molecule has 1 atom stereocenters. The topological polar surface area (TPSA) is 63.3 Å². The van der Waals surface area contributed by atoms with Gasteiger partial charge in [-0.3, -0.25) is 4.79 Å². The standard InChI is InChI=1S/C12H14ClNO2/c1-7(2)8-3-9(5-10(13)4-8)11(14)6-12(15)16/h3-5,11H,1,6,14H2,2H3,(H,15,16). The van der Waals surface area contributed by atoms with Gasteiger partial charge in [-0.15, -0.1) is 0 Å². The third kappa shape index (κ3) is 3.36. The molecule has 4 heteroatoms. The Kier molecular flexibility index (Phi) is 4.10. The number of rotatable bonds is 4. The molecule has 0 spiro atoms. The van der Waals surface area contributed by atoms with Crippen LogP contribution in [0.3, 0.4) is 0 Å². The van der Waals surface area contributed by atoms with Crippen LogP contribution in [-0.4, -0.2) is 11.1 Å². The van der Waals surface area contributed by atoms with Gasteiger partial charge in [0.05, 0.1) is 6.42 Å². The number of hydrogen-bond donors (Lipinski definition) is 2. The number of carboxylic acids is 1. The first-order valence-electron chi connectivity index (χ1n) is 4.84. The second-order valence-electron chi connectivity index (χ2n) is 3.76. The van der Waals surface area contributed by atoms with Gasteiger partial charge in [0.2, 0.25) is 0 Å². The molecule has 0 saturated heterocycles. The molecule has 1 rings (SSSR count). The van der Waals surface area contributed by atoms with Crippen molar-refractivity contribution < 1.29 is 9.90 Å². The van der Waals surface area contributed by atoms with Crippen LogP contribution in [0.1, 0.15) is 30.5 Å². The number of aliphatic carboxylic acids is 1. The molecule has 0 aliphatic heterocycles. The van der Waals surface area contributed by atoms with Gasteiger partial charge in [-0.05, 0) is 36.2 Å². The number of carbonyl (C=O) groups is 1. The molecule has 0 amide bonds. The van der Waals surface area contributed by atoms with Gasteiger partial charge in [0.1, 0.15) is 0 Å². The van der Waals surface area contributed by atoms with E-state index >= 15 is 0 Å². The number of hydrogen-bond acceptors (Lipinski definition) is 2. The van der Waals surface area contributed by atoms with E-state index in [2.05, 4.69) is 6.58 Å². The molecule has 0 fully saturated rings. The van der Waals surface area contributed by atoms with Crippen molar-refractivity contribution in [2.75, 3.05) is 0 Å². The molecule has 1 aromatic rings. The largest absolute Gasteiger partial charge is 0.481 e. The van der Waals surface area contributed by atoms with Gasteiger partial charge >= 0.3 is 5.97 Å². The van der Waals surface area contributed by atoms with E-state index < -0.39 is 12.0 Å². The zero-order valence-corrected chi connectivity index (χ0v) is 9.79. The minimum absolute atomic E-state index is 0.115. The van der Waals surface area contributed by atoms with Crippen molar-refractivity contribution in [2.24, 2.45) is 5.73 Å². The summed E-state index contributed by atoms with van der Waals surface area (Å²) in [6.45, 7) is 5.67. The predicted molar refractivity (Wildman–Crippen MR) is 65.3 cm³/mol. The van der Waals surface area contributed by atoms with Crippen LogP contribution < -0.4 is 5.73 Å². The molecule has 0 aromatic heterocycles. The summed E-state index contributed by atoms with van der Waals surface area (Å²) in [5.74, 6) is -0.927. The normalized spacial score (nSPS) is 12.2. The molecule has 0 bridgehead atoms. The van der Waals surface area contributed by atoms with Gasteiger partial charge in [0.25, 0.3) is 0 Å². The van der Waals surface area contributed by atoms with Crippen molar-refractivity contribution in [3.8, 4) is 0 Å². The van der Waals surface area contributed by atoms with Crippen molar-refractivity contribution >= 4 is 23.1 Å². The van der Waals surface area contributed by atoms with Crippen molar-refractivity contribution in [1.82, 2.24) is 0 Å². The average Bonchev–Trinajstić information content (AvgIpc) is 2.15. The summed E-state index contributed by atoms with van der Waals surface area (Å²) in [4.78, 5) is 10.6. The summed E-state index contributed by atoms with van der Waals surface area (Å²) in [5.41, 5.74) is 8.23. The lowest BCUT2D eigenvalue weighted by Gasteiger charge is -2.12. The molecule has 3 nitrogen and oxygen atoms in total. The van der Waals surface area contributed by atoms with Crippen LogP contribution in [0.5, 0.6) is 0 Å². The molecule has 1 unspecified atom stereocenters. The van der Waals surface area contributed by atoms with Crippen LogP contribution in [-0.2, 0) is 4.79 Å². The maximum Gasteiger partial charge on any atom is 0.305 e. The number of halogens is 1. The molecule has 0 aliphatic rings. The second-order valence-corrected chi connectivity index (χ2v) is 4.19. The molecule has 0 saturated carbocycles. The van der Waals surface area contributed by atoms with E-state index in [9.17, 15) is 4.79 Å². The SMILES string of the molecule is C=C(C)c1cc(Cl)cc(C(N)CC(=O)O)c1. The highest BCUT2D eigenvalue weighted by atomic mass is 35.5. The molecule has 0 radical (unpaired) electrons. The Morgan fingerprint density at radius 3 is 2.69 bits per heavy atom. The first-order chi connectivity index (χ1) is 7.40. The van der Waals surface area contributed by atoms with Crippen LogP contribution in [0, 0.1) is 0 Å². The van der Waals surface area contributed by atoms with E-state index in [-0.39, 0.29) is 6.42 Å². The maximum atomic E-state index is 10.6. The summed E-state index contributed by atoms with van der Waals surface area (Å²) in [6.07, 6.45) is -0.115. The lowest BCUT2D eigenvalue weighted by molar-refractivity contribution is -0.137. The zero-order chi connectivity index (χ0) is 12.3. The third-order valence-electron chi connectivity index (χ3n) is 2.24. The summed E-state index contributed by atoms with van der Waals surface area (Å²) < 4.78 is 0. The lowest BCUT2D eigenvalue weighted by atomic mass is 9.99. The highest BCUT2D eigenvalue weighted by Gasteiger charge is 2.12. The van der Waals surface area contributed by atoms with Crippen molar-refractivity contribution in [3.63, 3.8) is 0 Å². The van der Waals surface area contributed by atoms with E-state index in [1.165, 1.54) is 0 Å². The number of carboxylic acid groups (broad SMARTS) is 1.